The fourth-order valence-electron chi connectivity index (χ4n) is 2.64. The van der Waals surface area contributed by atoms with Gasteiger partial charge in [-0.05, 0) is 57.7 Å². The van der Waals surface area contributed by atoms with E-state index in [-0.39, 0.29) is 12.0 Å². The lowest BCUT2D eigenvalue weighted by Crippen LogP contribution is -2.44. The van der Waals surface area contributed by atoms with Gasteiger partial charge in [-0.15, -0.1) is 0 Å². The second kappa shape index (κ2) is 9.43. The maximum Gasteiger partial charge on any atom is 0.256 e. The summed E-state index contributed by atoms with van der Waals surface area (Å²) in [5.41, 5.74) is 0.0589. The van der Waals surface area contributed by atoms with Crippen LogP contribution in [-0.4, -0.2) is 24.2 Å². The Morgan fingerprint density at radius 1 is 1.32 bits per heavy atom. The van der Waals surface area contributed by atoms with E-state index in [1.54, 1.807) is 18.2 Å². The van der Waals surface area contributed by atoms with Gasteiger partial charge < -0.3 is 14.8 Å². The average molecular weight is 346 g/mol. The van der Waals surface area contributed by atoms with Crippen molar-refractivity contribution in [3.8, 4) is 11.8 Å². The van der Waals surface area contributed by atoms with Crippen LogP contribution in [-0.2, 0) is 9.53 Å². The molecule has 0 aliphatic heterocycles. The molecule has 1 rings (SSSR count). The predicted octanol–water partition coefficient (Wildman–Crippen LogP) is 4.52. The van der Waals surface area contributed by atoms with E-state index in [2.05, 4.69) is 25.2 Å². The molecule has 1 N–H and O–H groups in total. The number of ether oxygens (including phenoxy) is 2. The minimum Gasteiger partial charge on any atom is -0.490 e. The predicted molar refractivity (Wildman–Crippen MR) is 99.7 cm³/mol. The zero-order valence-corrected chi connectivity index (χ0v) is 16.2. The van der Waals surface area contributed by atoms with Gasteiger partial charge in [0.25, 0.3) is 5.91 Å². The molecule has 0 aliphatic carbocycles. The molecule has 0 bridgehead atoms. The lowest BCUT2D eigenvalue weighted by molar-refractivity contribution is -0.141. The Kier molecular flexibility index (Phi) is 7.92. The summed E-state index contributed by atoms with van der Waals surface area (Å²) in [4.78, 5) is 12.8. The van der Waals surface area contributed by atoms with Crippen LogP contribution in [0, 0.1) is 17.2 Å². The number of carbonyl (C=O) groups excluding carboxylic acids is 1. The molecule has 1 aromatic rings. The number of carbonyl (C=O) groups is 1. The molecule has 25 heavy (non-hydrogen) atoms. The molecule has 0 radical (unpaired) electrons. The molecule has 1 amide bonds. The average Bonchev–Trinajstić information content (AvgIpc) is 2.53. The molecule has 0 aliphatic rings. The highest BCUT2D eigenvalue weighted by atomic mass is 16.5. The van der Waals surface area contributed by atoms with Crippen LogP contribution < -0.4 is 10.1 Å². The van der Waals surface area contributed by atoms with Crippen molar-refractivity contribution in [2.24, 2.45) is 5.92 Å². The number of anilines is 1. The third kappa shape index (κ3) is 6.39. The highest BCUT2D eigenvalue weighted by Crippen LogP contribution is 2.26. The van der Waals surface area contributed by atoms with E-state index in [0.29, 0.717) is 35.9 Å². The number of hydrogen-bond acceptors (Lipinski definition) is 4. The Morgan fingerprint density at radius 2 is 2.00 bits per heavy atom. The Morgan fingerprint density at radius 3 is 2.52 bits per heavy atom. The summed E-state index contributed by atoms with van der Waals surface area (Å²) in [7, 11) is 0. The summed E-state index contributed by atoms with van der Waals surface area (Å²) in [5.74, 6) is 0.642. The molecule has 0 aromatic heterocycles. The zero-order valence-electron chi connectivity index (χ0n) is 16.2. The minimum atomic E-state index is -0.899. The molecule has 1 aromatic carbocycles. The molecule has 0 saturated carbocycles. The van der Waals surface area contributed by atoms with Crippen LogP contribution in [0.2, 0.25) is 0 Å². The second-order valence-corrected chi connectivity index (χ2v) is 7.12. The largest absolute Gasteiger partial charge is 0.490 e. The van der Waals surface area contributed by atoms with E-state index < -0.39 is 5.60 Å². The molecule has 0 saturated heterocycles. The third-order valence-corrected chi connectivity index (χ3v) is 3.62. The molecule has 138 valence electrons. The van der Waals surface area contributed by atoms with Crippen molar-refractivity contribution in [1.29, 1.82) is 5.26 Å². The van der Waals surface area contributed by atoms with Crippen LogP contribution in [0.4, 0.5) is 5.69 Å². The molecule has 5 heteroatoms. The molecule has 1 atom stereocenters. The number of rotatable bonds is 9. The van der Waals surface area contributed by atoms with Crippen molar-refractivity contribution in [2.75, 3.05) is 11.9 Å². The van der Waals surface area contributed by atoms with Gasteiger partial charge in [-0.3, -0.25) is 4.79 Å². The van der Waals surface area contributed by atoms with Crippen molar-refractivity contribution < 1.29 is 14.3 Å². The van der Waals surface area contributed by atoms with Gasteiger partial charge in [0, 0.05) is 12.3 Å². The summed E-state index contributed by atoms with van der Waals surface area (Å²) in [5, 5.41) is 12.2. The topological polar surface area (TPSA) is 71.3 Å². The monoisotopic (exact) mass is 346 g/mol. The number of hydrogen-bond donors (Lipinski definition) is 1. The first kappa shape index (κ1) is 21.0. The van der Waals surface area contributed by atoms with Gasteiger partial charge in [-0.2, -0.15) is 5.26 Å². The van der Waals surface area contributed by atoms with Crippen molar-refractivity contribution >= 4 is 11.6 Å². The lowest BCUT2D eigenvalue weighted by atomic mass is 9.93. The fourth-order valence-corrected chi connectivity index (χ4v) is 2.64. The maximum atomic E-state index is 12.8. The van der Waals surface area contributed by atoms with Crippen LogP contribution in [0.1, 0.15) is 59.9 Å². The van der Waals surface area contributed by atoms with Crippen molar-refractivity contribution in [3.63, 3.8) is 0 Å². The van der Waals surface area contributed by atoms with E-state index >= 15 is 0 Å². The van der Waals surface area contributed by atoms with Gasteiger partial charge in [0.1, 0.15) is 17.4 Å². The first-order valence-corrected chi connectivity index (χ1v) is 8.88. The van der Waals surface area contributed by atoms with Gasteiger partial charge in [-0.1, -0.05) is 20.8 Å². The van der Waals surface area contributed by atoms with Gasteiger partial charge in [0.05, 0.1) is 11.7 Å². The Balaban J connectivity index is 2.98. The highest BCUT2D eigenvalue weighted by Gasteiger charge is 2.35. The Hall–Kier alpha value is -2.06. The van der Waals surface area contributed by atoms with Gasteiger partial charge in [-0.25, -0.2) is 0 Å². The lowest BCUT2D eigenvalue weighted by Gasteiger charge is -2.30. The Labute approximate surface area is 151 Å². The summed E-state index contributed by atoms with van der Waals surface area (Å²) in [6.45, 7) is 12.3. The van der Waals surface area contributed by atoms with Gasteiger partial charge >= 0.3 is 0 Å². The number of nitriles is 1. The first-order valence-electron chi connectivity index (χ1n) is 8.88. The minimum absolute atomic E-state index is 0.0238. The van der Waals surface area contributed by atoms with Crippen molar-refractivity contribution in [1.82, 2.24) is 0 Å². The number of nitrogens with zero attached hydrogens (tertiary/aromatic N) is 1. The number of nitrogens with one attached hydrogen (secondary N) is 1. The van der Waals surface area contributed by atoms with Gasteiger partial charge in [0.15, 0.2) is 0 Å². The quantitative estimate of drug-likeness (QED) is 0.714. The van der Waals surface area contributed by atoms with Gasteiger partial charge in [0.2, 0.25) is 0 Å². The maximum absolute atomic E-state index is 12.8. The molecule has 0 heterocycles. The molecule has 0 fully saturated rings. The summed E-state index contributed by atoms with van der Waals surface area (Å²) in [6, 6.07) is 7.19. The summed E-state index contributed by atoms with van der Waals surface area (Å²) >= 11 is 0. The standard InChI is InChI=1S/C20H30N2O3/c1-7-10-24-20(6,12-14(2)3)19(23)22-17-8-9-18(25-15(4)5)16(11-17)13-21/h8-9,11,14-15H,7,10,12H2,1-6H3,(H,22,23)/t20-/m0/s1. The molecule has 0 spiro atoms. The molecule has 5 nitrogen and oxygen atoms in total. The highest BCUT2D eigenvalue weighted by molar-refractivity contribution is 5.97. The van der Waals surface area contributed by atoms with Crippen LogP contribution in [0.3, 0.4) is 0 Å². The van der Waals surface area contributed by atoms with Crippen molar-refractivity contribution in [3.05, 3.63) is 23.8 Å². The van der Waals surface area contributed by atoms with E-state index in [9.17, 15) is 10.1 Å². The number of benzene rings is 1. The van der Waals surface area contributed by atoms with E-state index in [4.69, 9.17) is 9.47 Å². The fraction of sp³-hybridized carbons (Fsp3) is 0.600. The zero-order chi connectivity index (χ0) is 19.0. The van der Waals surface area contributed by atoms with Crippen LogP contribution >= 0.6 is 0 Å². The third-order valence-electron chi connectivity index (χ3n) is 3.62. The van der Waals surface area contributed by atoms with Crippen molar-refractivity contribution in [2.45, 2.75) is 66.1 Å². The number of amides is 1. The van der Waals surface area contributed by atoms with Crippen LogP contribution in [0.25, 0.3) is 0 Å². The molecular formula is C20H30N2O3. The summed E-state index contributed by atoms with van der Waals surface area (Å²) < 4.78 is 11.5. The van der Waals surface area contributed by atoms with Crippen LogP contribution in [0.5, 0.6) is 5.75 Å². The smallest absolute Gasteiger partial charge is 0.256 e. The van der Waals surface area contributed by atoms with Crippen LogP contribution in [0.15, 0.2) is 18.2 Å². The van der Waals surface area contributed by atoms with E-state index in [1.165, 1.54) is 0 Å². The Bertz CT molecular complexity index is 620. The molecule has 0 unspecified atom stereocenters. The van der Waals surface area contributed by atoms with E-state index in [1.807, 2.05) is 27.7 Å². The molecular weight excluding hydrogens is 316 g/mol. The summed E-state index contributed by atoms with van der Waals surface area (Å²) in [6.07, 6.45) is 1.45. The SMILES string of the molecule is CCCO[C@@](C)(CC(C)C)C(=O)Nc1ccc(OC(C)C)c(C#N)c1. The van der Waals surface area contributed by atoms with E-state index in [0.717, 1.165) is 6.42 Å². The first-order chi connectivity index (χ1) is 11.7. The normalized spacial score (nSPS) is 13.4. The second-order valence-electron chi connectivity index (χ2n) is 7.12.